The van der Waals surface area contributed by atoms with Crippen molar-refractivity contribution in [2.45, 2.75) is 11.8 Å². The molecule has 0 saturated carbocycles. The zero-order valence-electron chi connectivity index (χ0n) is 11.8. The van der Waals surface area contributed by atoms with Gasteiger partial charge in [0.25, 0.3) is 16.0 Å². The maximum absolute atomic E-state index is 12.1. The lowest BCUT2D eigenvalue weighted by atomic mass is 10.2. The molecule has 1 aromatic rings. The summed E-state index contributed by atoms with van der Waals surface area (Å²) < 4.78 is 37.3. The molecular weight excluding hydrogens is 346 g/mol. The Morgan fingerprint density at radius 2 is 2.14 bits per heavy atom. The number of amides is 1. The number of thiocarbonyl (C=S) groups is 1. The van der Waals surface area contributed by atoms with E-state index in [1.807, 2.05) is 6.92 Å². The molecule has 1 aliphatic rings. The summed E-state index contributed by atoms with van der Waals surface area (Å²) in [7, 11) is -3.12. The molecule has 1 fully saturated rings. The maximum Gasteiger partial charge on any atom is 0.298 e. The molecule has 9 heteroatoms. The largest absolute Gasteiger partial charge is 0.495 e. The van der Waals surface area contributed by atoms with Crippen molar-refractivity contribution in [1.29, 1.82) is 0 Å². The lowest BCUT2D eigenvalue weighted by Gasteiger charge is -2.09. The first kappa shape index (κ1) is 16.9. The molecule has 6 nitrogen and oxygen atoms in total. The van der Waals surface area contributed by atoms with Gasteiger partial charge in [-0.15, -0.1) is 0 Å². The van der Waals surface area contributed by atoms with Crippen molar-refractivity contribution in [3.63, 3.8) is 0 Å². The average Bonchev–Trinajstić information content (AvgIpc) is 2.72. The van der Waals surface area contributed by atoms with E-state index in [0.29, 0.717) is 21.3 Å². The van der Waals surface area contributed by atoms with Crippen LogP contribution in [0.1, 0.15) is 12.5 Å². The Bertz CT molecular complexity index is 770. The Morgan fingerprint density at radius 3 is 2.64 bits per heavy atom. The summed E-state index contributed by atoms with van der Waals surface area (Å²) in [5.74, 6) is -0.192. The number of thioether (sulfide) groups is 1. The highest BCUT2D eigenvalue weighted by atomic mass is 32.2. The second kappa shape index (κ2) is 6.37. The van der Waals surface area contributed by atoms with Crippen LogP contribution in [-0.4, -0.2) is 41.8 Å². The zero-order valence-corrected chi connectivity index (χ0v) is 14.2. The summed E-state index contributed by atoms with van der Waals surface area (Å²) in [4.78, 5) is 13.6. The van der Waals surface area contributed by atoms with Crippen LogP contribution in [0, 0.1) is 0 Å². The molecule has 1 amide bonds. The highest BCUT2D eigenvalue weighted by Crippen LogP contribution is 2.33. The van der Waals surface area contributed by atoms with Gasteiger partial charge in [-0.25, -0.2) is 0 Å². The van der Waals surface area contributed by atoms with E-state index in [-0.39, 0.29) is 16.6 Å². The molecule has 1 aliphatic heterocycles. The fourth-order valence-electron chi connectivity index (χ4n) is 1.91. The van der Waals surface area contributed by atoms with Crippen LogP contribution in [0.2, 0.25) is 0 Å². The van der Waals surface area contributed by atoms with Gasteiger partial charge in [-0.1, -0.05) is 30.0 Å². The maximum atomic E-state index is 12.1. The number of nitrogens with zero attached hydrogens (tertiary/aromatic N) is 1. The number of carbonyl (C=O) groups is 1. The summed E-state index contributed by atoms with van der Waals surface area (Å²) in [6.45, 7) is 2.29. The van der Waals surface area contributed by atoms with Gasteiger partial charge in [-0.05, 0) is 30.7 Å². The third-order valence-electron chi connectivity index (χ3n) is 2.95. The van der Waals surface area contributed by atoms with E-state index in [1.165, 1.54) is 30.2 Å². The molecule has 0 aliphatic carbocycles. The summed E-state index contributed by atoms with van der Waals surface area (Å²) in [6.07, 6.45) is 1.53. The SMILES string of the molecule is CCN1C(=O)C(=Cc2ccc(OC)c(S(=O)(=O)O)c2)SC1=S. The zero-order chi connectivity index (χ0) is 16.5. The number of likely N-dealkylation sites (N-methyl/N-ethyl adjacent to an activating group) is 1. The van der Waals surface area contributed by atoms with Crippen LogP contribution in [-0.2, 0) is 14.9 Å². The van der Waals surface area contributed by atoms with Gasteiger partial charge < -0.3 is 4.74 Å². The normalized spacial score (nSPS) is 17.4. The van der Waals surface area contributed by atoms with Crippen molar-refractivity contribution in [2.24, 2.45) is 0 Å². The molecule has 0 aromatic heterocycles. The minimum absolute atomic E-state index is 0.0285. The minimum atomic E-state index is -4.42. The number of carbonyl (C=O) groups excluding carboxylic acids is 1. The van der Waals surface area contributed by atoms with Gasteiger partial charge in [0.1, 0.15) is 15.0 Å². The number of benzene rings is 1. The monoisotopic (exact) mass is 359 g/mol. The van der Waals surface area contributed by atoms with E-state index >= 15 is 0 Å². The first-order valence-electron chi connectivity index (χ1n) is 6.18. The lowest BCUT2D eigenvalue weighted by Crippen LogP contribution is -2.27. The molecule has 1 heterocycles. The van der Waals surface area contributed by atoms with Gasteiger partial charge in [-0.2, -0.15) is 8.42 Å². The molecule has 0 spiro atoms. The van der Waals surface area contributed by atoms with Crippen LogP contribution in [0.3, 0.4) is 0 Å². The molecular formula is C13H13NO5S3. The molecule has 22 heavy (non-hydrogen) atoms. The average molecular weight is 359 g/mol. The standard InChI is InChI=1S/C13H13NO5S3/c1-3-14-12(15)10(21-13(14)20)6-8-4-5-9(19-2)11(7-8)22(16,17)18/h4-7H,3H2,1-2H3,(H,16,17,18). The van der Waals surface area contributed by atoms with E-state index in [2.05, 4.69) is 0 Å². The number of methoxy groups -OCH3 is 1. The van der Waals surface area contributed by atoms with Gasteiger partial charge in [-0.3, -0.25) is 14.2 Å². The molecule has 0 unspecified atom stereocenters. The predicted molar refractivity (Wildman–Crippen MR) is 88.4 cm³/mol. The fraction of sp³-hybridized carbons (Fsp3) is 0.231. The smallest absolute Gasteiger partial charge is 0.298 e. The number of rotatable bonds is 4. The molecule has 0 bridgehead atoms. The van der Waals surface area contributed by atoms with Crippen molar-refractivity contribution < 1.29 is 22.5 Å². The third-order valence-corrected chi connectivity index (χ3v) is 5.21. The lowest BCUT2D eigenvalue weighted by molar-refractivity contribution is -0.121. The quantitative estimate of drug-likeness (QED) is 0.501. The van der Waals surface area contributed by atoms with E-state index < -0.39 is 10.1 Å². The number of hydrogen-bond acceptors (Lipinski definition) is 6. The van der Waals surface area contributed by atoms with Gasteiger partial charge in [0.05, 0.1) is 12.0 Å². The van der Waals surface area contributed by atoms with Crippen LogP contribution in [0.25, 0.3) is 6.08 Å². The molecule has 2 rings (SSSR count). The van der Waals surface area contributed by atoms with Crippen LogP contribution in [0.15, 0.2) is 28.0 Å². The van der Waals surface area contributed by atoms with Crippen LogP contribution in [0.5, 0.6) is 5.75 Å². The summed E-state index contributed by atoms with van der Waals surface area (Å²) in [5, 5.41) is 0. The molecule has 1 saturated heterocycles. The summed E-state index contributed by atoms with van der Waals surface area (Å²) in [6, 6.07) is 4.24. The summed E-state index contributed by atoms with van der Waals surface area (Å²) in [5.41, 5.74) is 0.449. The fourth-order valence-corrected chi connectivity index (χ4v) is 3.98. The van der Waals surface area contributed by atoms with Crippen molar-refractivity contribution in [3.05, 3.63) is 28.7 Å². The first-order valence-corrected chi connectivity index (χ1v) is 8.85. The number of ether oxygens (including phenoxy) is 1. The molecule has 0 atom stereocenters. The summed E-state index contributed by atoms with van der Waals surface area (Å²) >= 11 is 6.26. The van der Waals surface area contributed by atoms with Crippen molar-refractivity contribution >= 4 is 50.4 Å². The number of hydrogen-bond donors (Lipinski definition) is 1. The first-order chi connectivity index (χ1) is 10.3. The van der Waals surface area contributed by atoms with Gasteiger partial charge in [0.15, 0.2) is 0 Å². The Morgan fingerprint density at radius 1 is 1.45 bits per heavy atom. The molecule has 0 radical (unpaired) electrons. The Kier molecular flexibility index (Phi) is 4.90. The highest BCUT2D eigenvalue weighted by Gasteiger charge is 2.30. The highest BCUT2D eigenvalue weighted by molar-refractivity contribution is 8.26. The van der Waals surface area contributed by atoms with Crippen LogP contribution >= 0.6 is 24.0 Å². The predicted octanol–water partition coefficient (Wildman–Crippen LogP) is 2.16. The minimum Gasteiger partial charge on any atom is -0.495 e. The molecule has 1 N–H and O–H groups in total. The van der Waals surface area contributed by atoms with Gasteiger partial charge >= 0.3 is 0 Å². The Balaban J connectivity index is 2.45. The van der Waals surface area contributed by atoms with E-state index in [1.54, 1.807) is 6.07 Å². The molecule has 118 valence electrons. The second-order valence-corrected chi connectivity index (χ2v) is 7.38. The van der Waals surface area contributed by atoms with E-state index in [4.69, 9.17) is 17.0 Å². The van der Waals surface area contributed by atoms with Crippen molar-refractivity contribution in [3.8, 4) is 5.75 Å². The van der Waals surface area contributed by atoms with Crippen LogP contribution in [0.4, 0.5) is 0 Å². The third kappa shape index (κ3) is 3.32. The molecule has 1 aromatic carbocycles. The Hall–Kier alpha value is -1.42. The second-order valence-electron chi connectivity index (χ2n) is 4.31. The van der Waals surface area contributed by atoms with Gasteiger partial charge in [0, 0.05) is 6.54 Å². The van der Waals surface area contributed by atoms with Gasteiger partial charge in [0.2, 0.25) is 0 Å². The van der Waals surface area contributed by atoms with Crippen LogP contribution < -0.4 is 4.74 Å². The topological polar surface area (TPSA) is 83.9 Å². The van der Waals surface area contributed by atoms with Crippen molar-refractivity contribution in [2.75, 3.05) is 13.7 Å². The Labute approximate surface area is 137 Å². The van der Waals surface area contributed by atoms with E-state index in [9.17, 15) is 17.8 Å². The van der Waals surface area contributed by atoms with E-state index in [0.717, 1.165) is 11.8 Å². The van der Waals surface area contributed by atoms with Crippen molar-refractivity contribution in [1.82, 2.24) is 4.90 Å².